The lowest BCUT2D eigenvalue weighted by Crippen LogP contribution is -2.32. The van der Waals surface area contributed by atoms with Crippen LogP contribution in [0.25, 0.3) is 0 Å². The van der Waals surface area contributed by atoms with Crippen LogP contribution in [0.5, 0.6) is 0 Å². The Kier molecular flexibility index (Phi) is 4.55. The summed E-state index contributed by atoms with van der Waals surface area (Å²) >= 11 is 0. The van der Waals surface area contributed by atoms with Crippen molar-refractivity contribution in [3.63, 3.8) is 0 Å². The predicted octanol–water partition coefficient (Wildman–Crippen LogP) is -0.00530. The lowest BCUT2D eigenvalue weighted by molar-refractivity contribution is 0.360. The van der Waals surface area contributed by atoms with E-state index in [-0.39, 0.29) is 5.56 Å². The normalized spacial score (nSPS) is 24.2. The molecule has 1 aromatic heterocycles. The van der Waals surface area contributed by atoms with Crippen LogP contribution in [-0.2, 0) is 6.54 Å². The van der Waals surface area contributed by atoms with Gasteiger partial charge in [-0.1, -0.05) is 0 Å². The van der Waals surface area contributed by atoms with Gasteiger partial charge in [-0.25, -0.2) is 4.68 Å². The molecule has 0 aromatic carbocycles. The molecule has 0 radical (unpaired) electrons. The van der Waals surface area contributed by atoms with Gasteiger partial charge >= 0.3 is 0 Å². The fraction of sp³-hybridized carbons (Fsp3) is 0.733. The molecule has 2 aliphatic rings. The first-order chi connectivity index (χ1) is 10.2. The fourth-order valence-electron chi connectivity index (χ4n) is 3.15. The quantitative estimate of drug-likeness (QED) is 0.849. The third kappa shape index (κ3) is 3.63. The van der Waals surface area contributed by atoms with Crippen LogP contribution in [0.15, 0.2) is 17.1 Å². The number of hydrogen-bond acceptors (Lipinski definition) is 5. The predicted molar refractivity (Wildman–Crippen MR) is 83.8 cm³/mol. The average Bonchev–Trinajstić information content (AvgIpc) is 2.88. The molecule has 0 unspecified atom stereocenters. The van der Waals surface area contributed by atoms with Crippen LogP contribution in [-0.4, -0.2) is 61.0 Å². The Morgan fingerprint density at radius 2 is 2.24 bits per heavy atom. The largest absolute Gasteiger partial charge is 0.369 e. The summed E-state index contributed by atoms with van der Waals surface area (Å²) in [7, 11) is 2.15. The maximum absolute atomic E-state index is 12.3. The molecule has 21 heavy (non-hydrogen) atoms. The van der Waals surface area contributed by atoms with Crippen LogP contribution in [0.4, 0.5) is 5.69 Å². The number of rotatable bonds is 3. The van der Waals surface area contributed by atoms with Gasteiger partial charge in [0.2, 0.25) is 0 Å². The minimum Gasteiger partial charge on any atom is -0.369 e. The van der Waals surface area contributed by atoms with Crippen molar-refractivity contribution in [3.05, 3.63) is 22.6 Å². The van der Waals surface area contributed by atoms with Crippen LogP contribution < -0.4 is 15.8 Å². The molecule has 0 saturated carbocycles. The average molecular weight is 291 g/mol. The first-order valence-corrected chi connectivity index (χ1v) is 7.94. The molecule has 2 saturated heterocycles. The van der Waals surface area contributed by atoms with Gasteiger partial charge in [-0.3, -0.25) is 4.79 Å². The van der Waals surface area contributed by atoms with Crippen molar-refractivity contribution in [1.82, 2.24) is 20.0 Å². The van der Waals surface area contributed by atoms with Crippen LogP contribution in [0.3, 0.4) is 0 Å². The number of aromatic nitrogens is 2. The van der Waals surface area contributed by atoms with Gasteiger partial charge in [0.15, 0.2) is 0 Å². The fourth-order valence-corrected chi connectivity index (χ4v) is 3.15. The highest BCUT2D eigenvalue weighted by molar-refractivity contribution is 5.43. The number of likely N-dealkylation sites (N-methyl/N-ethyl adjacent to an activating group) is 1. The lowest BCUT2D eigenvalue weighted by Gasteiger charge is -2.22. The molecular weight excluding hydrogens is 266 g/mol. The summed E-state index contributed by atoms with van der Waals surface area (Å²) in [5.74, 6) is 0.535. The lowest BCUT2D eigenvalue weighted by atomic mass is 10.1. The highest BCUT2D eigenvalue weighted by atomic mass is 16.1. The summed E-state index contributed by atoms with van der Waals surface area (Å²) in [6, 6.07) is 1.75. The number of nitrogens with one attached hydrogen (secondary N) is 1. The Bertz CT molecular complexity index is 523. The standard InChI is InChI=1S/C15H25N5O/c1-18-5-2-6-19(8-7-18)14-9-15(21)20(17-11-14)12-13-3-4-16-10-13/h9,11,13,16H,2-8,10,12H2,1H3/t13-/m1/s1. The summed E-state index contributed by atoms with van der Waals surface area (Å²) in [4.78, 5) is 16.9. The zero-order chi connectivity index (χ0) is 14.7. The molecule has 2 fully saturated rings. The second-order valence-corrected chi connectivity index (χ2v) is 6.24. The first-order valence-electron chi connectivity index (χ1n) is 7.94. The number of nitrogens with zero attached hydrogens (tertiary/aromatic N) is 4. The van der Waals surface area contributed by atoms with Gasteiger partial charge in [0, 0.05) is 32.2 Å². The summed E-state index contributed by atoms with van der Waals surface area (Å²) in [5, 5.41) is 7.72. The van der Waals surface area contributed by atoms with E-state index in [4.69, 9.17) is 0 Å². The summed E-state index contributed by atoms with van der Waals surface area (Å²) in [6.07, 6.45) is 4.12. The van der Waals surface area contributed by atoms with Crippen molar-refractivity contribution in [1.29, 1.82) is 0 Å². The maximum atomic E-state index is 12.3. The second kappa shape index (κ2) is 6.58. The van der Waals surface area contributed by atoms with Crippen molar-refractivity contribution in [2.45, 2.75) is 19.4 Å². The molecular formula is C15H25N5O. The van der Waals surface area contributed by atoms with Gasteiger partial charge in [-0.2, -0.15) is 5.10 Å². The SMILES string of the molecule is CN1CCCN(c2cnn(C[C@@H]3CCNC3)c(=O)c2)CC1. The van der Waals surface area contributed by atoms with Gasteiger partial charge < -0.3 is 15.1 Å². The highest BCUT2D eigenvalue weighted by Crippen LogP contribution is 2.14. The number of hydrogen-bond donors (Lipinski definition) is 1. The molecule has 1 atom stereocenters. The molecule has 1 aromatic rings. The molecule has 2 aliphatic heterocycles. The van der Waals surface area contributed by atoms with Crippen LogP contribution in [0.2, 0.25) is 0 Å². The van der Waals surface area contributed by atoms with Gasteiger partial charge in [0.25, 0.3) is 5.56 Å². The minimum atomic E-state index is 0.0250. The molecule has 0 amide bonds. The van der Waals surface area contributed by atoms with E-state index in [9.17, 15) is 4.79 Å². The Morgan fingerprint density at radius 1 is 1.33 bits per heavy atom. The smallest absolute Gasteiger partial charge is 0.268 e. The summed E-state index contributed by atoms with van der Waals surface area (Å²) in [5.41, 5.74) is 0.994. The maximum Gasteiger partial charge on any atom is 0.268 e. The van der Waals surface area contributed by atoms with Crippen molar-refractivity contribution in [2.75, 3.05) is 51.2 Å². The van der Waals surface area contributed by atoms with E-state index in [2.05, 4.69) is 27.3 Å². The van der Waals surface area contributed by atoms with Crippen molar-refractivity contribution in [3.8, 4) is 0 Å². The van der Waals surface area contributed by atoms with Crippen LogP contribution in [0.1, 0.15) is 12.8 Å². The van der Waals surface area contributed by atoms with E-state index in [1.54, 1.807) is 10.7 Å². The topological polar surface area (TPSA) is 53.4 Å². The van der Waals surface area contributed by atoms with E-state index >= 15 is 0 Å². The molecule has 0 bridgehead atoms. The molecule has 1 N–H and O–H groups in total. The van der Waals surface area contributed by atoms with Crippen molar-refractivity contribution in [2.24, 2.45) is 5.92 Å². The van der Waals surface area contributed by atoms with E-state index in [1.807, 2.05) is 6.20 Å². The monoisotopic (exact) mass is 291 g/mol. The summed E-state index contributed by atoms with van der Waals surface area (Å²) < 4.78 is 1.62. The van der Waals surface area contributed by atoms with E-state index in [0.29, 0.717) is 5.92 Å². The zero-order valence-electron chi connectivity index (χ0n) is 12.8. The molecule has 0 spiro atoms. The Morgan fingerprint density at radius 3 is 3.00 bits per heavy atom. The molecule has 116 valence electrons. The Balaban J connectivity index is 1.69. The first kappa shape index (κ1) is 14.5. The molecule has 6 heteroatoms. The second-order valence-electron chi connectivity index (χ2n) is 6.24. The van der Waals surface area contributed by atoms with Crippen LogP contribution in [0, 0.1) is 5.92 Å². The summed E-state index contributed by atoms with van der Waals surface area (Å²) in [6.45, 7) is 6.91. The van der Waals surface area contributed by atoms with Gasteiger partial charge in [-0.15, -0.1) is 0 Å². The minimum absolute atomic E-state index is 0.0250. The van der Waals surface area contributed by atoms with E-state index in [0.717, 1.165) is 64.3 Å². The molecule has 6 nitrogen and oxygen atoms in total. The number of anilines is 1. The van der Waals surface area contributed by atoms with E-state index < -0.39 is 0 Å². The van der Waals surface area contributed by atoms with Gasteiger partial charge in [-0.05, 0) is 45.4 Å². The highest BCUT2D eigenvalue weighted by Gasteiger charge is 2.17. The Hall–Kier alpha value is -1.40. The molecule has 3 rings (SSSR count). The van der Waals surface area contributed by atoms with Gasteiger partial charge in [0.1, 0.15) is 0 Å². The zero-order valence-corrected chi connectivity index (χ0v) is 12.8. The van der Waals surface area contributed by atoms with Crippen LogP contribution >= 0.6 is 0 Å². The Labute approximate surface area is 125 Å². The molecule has 3 heterocycles. The van der Waals surface area contributed by atoms with E-state index in [1.165, 1.54) is 0 Å². The van der Waals surface area contributed by atoms with Crippen molar-refractivity contribution < 1.29 is 0 Å². The third-order valence-corrected chi connectivity index (χ3v) is 4.53. The van der Waals surface area contributed by atoms with Crippen molar-refractivity contribution >= 4 is 5.69 Å². The molecule has 0 aliphatic carbocycles. The van der Waals surface area contributed by atoms with Gasteiger partial charge in [0.05, 0.1) is 11.9 Å². The third-order valence-electron chi connectivity index (χ3n) is 4.53.